The number of benzene rings is 2. The van der Waals surface area contributed by atoms with Gasteiger partial charge < -0.3 is 26.3 Å². The molecule has 0 aliphatic carbocycles. The van der Waals surface area contributed by atoms with Crippen LogP contribution in [0.15, 0.2) is 42.5 Å². The highest BCUT2D eigenvalue weighted by Gasteiger charge is 2.09. The number of hydrogen-bond acceptors (Lipinski definition) is 5. The van der Waals surface area contributed by atoms with Crippen LogP contribution in [0.5, 0.6) is 11.5 Å². The molecule has 7 heteroatoms. The lowest BCUT2D eigenvalue weighted by Gasteiger charge is -2.12. The lowest BCUT2D eigenvalue weighted by atomic mass is 10.1. The highest BCUT2D eigenvalue weighted by Crippen LogP contribution is 2.28. The van der Waals surface area contributed by atoms with E-state index in [1.54, 1.807) is 18.2 Å². The highest BCUT2D eigenvalue weighted by atomic mass is 16.5. The zero-order chi connectivity index (χ0) is 18.9. The molecule has 7 nitrogen and oxygen atoms in total. The topological polar surface area (TPSA) is 117 Å². The molecular weight excluding hydrogens is 334 g/mol. The molecular formula is C19H23N3O4. The van der Waals surface area contributed by atoms with Gasteiger partial charge in [-0.05, 0) is 35.7 Å². The fourth-order valence-electron chi connectivity index (χ4n) is 2.39. The van der Waals surface area contributed by atoms with Crippen molar-refractivity contribution in [2.45, 2.75) is 19.4 Å². The predicted molar refractivity (Wildman–Crippen MR) is 98.7 cm³/mol. The number of amides is 2. The number of para-hydroxylation sites is 1. The number of anilines is 1. The van der Waals surface area contributed by atoms with E-state index < -0.39 is 5.91 Å². The van der Waals surface area contributed by atoms with Crippen LogP contribution in [-0.2, 0) is 22.6 Å². The molecule has 2 aromatic rings. The Morgan fingerprint density at radius 1 is 1.12 bits per heavy atom. The van der Waals surface area contributed by atoms with Crippen molar-refractivity contribution in [2.24, 2.45) is 5.73 Å². The Morgan fingerprint density at radius 2 is 1.88 bits per heavy atom. The van der Waals surface area contributed by atoms with E-state index in [9.17, 15) is 9.59 Å². The van der Waals surface area contributed by atoms with Gasteiger partial charge in [0.1, 0.15) is 0 Å². The largest absolute Gasteiger partial charge is 0.493 e. The second-order valence-corrected chi connectivity index (χ2v) is 5.72. The molecule has 0 unspecified atom stereocenters. The summed E-state index contributed by atoms with van der Waals surface area (Å²) in [6.07, 6.45) is 0.937. The van der Waals surface area contributed by atoms with Gasteiger partial charge in [0.25, 0.3) is 5.91 Å². The van der Waals surface area contributed by atoms with Gasteiger partial charge in [0.15, 0.2) is 18.1 Å². The summed E-state index contributed by atoms with van der Waals surface area (Å²) >= 11 is 0. The summed E-state index contributed by atoms with van der Waals surface area (Å²) in [5.74, 6) is 0.250. The first-order valence-corrected chi connectivity index (χ1v) is 8.17. The number of carbonyl (C=O) groups excluding carboxylic acids is 2. The molecule has 2 aromatic carbocycles. The molecule has 138 valence electrons. The van der Waals surface area contributed by atoms with Gasteiger partial charge in [-0.3, -0.25) is 9.59 Å². The molecule has 2 amide bonds. The number of aryl methyl sites for hydroxylation is 1. The Labute approximate surface area is 152 Å². The van der Waals surface area contributed by atoms with Gasteiger partial charge in [-0.1, -0.05) is 24.3 Å². The average molecular weight is 357 g/mol. The Bertz CT molecular complexity index is 777. The molecule has 2 rings (SSSR count). The number of nitrogen functional groups attached to an aromatic ring is 1. The Hall–Kier alpha value is -3.22. The molecule has 0 spiro atoms. The van der Waals surface area contributed by atoms with E-state index in [-0.39, 0.29) is 12.5 Å². The maximum Gasteiger partial charge on any atom is 0.255 e. The molecule has 0 aliphatic rings. The summed E-state index contributed by atoms with van der Waals surface area (Å²) in [5, 5.41) is 2.86. The second kappa shape index (κ2) is 9.31. The fraction of sp³-hybridized carbons (Fsp3) is 0.263. The summed E-state index contributed by atoms with van der Waals surface area (Å²) in [6.45, 7) is 0.130. The van der Waals surface area contributed by atoms with Gasteiger partial charge in [-0.15, -0.1) is 0 Å². The maximum absolute atomic E-state index is 12.0. The van der Waals surface area contributed by atoms with E-state index in [0.717, 1.165) is 11.1 Å². The summed E-state index contributed by atoms with van der Waals surface area (Å²) in [5.41, 5.74) is 13.4. The van der Waals surface area contributed by atoms with Crippen molar-refractivity contribution < 1.29 is 19.1 Å². The first kappa shape index (κ1) is 19.1. The smallest absolute Gasteiger partial charge is 0.255 e. The minimum atomic E-state index is -0.567. The molecule has 0 saturated heterocycles. The van der Waals surface area contributed by atoms with Crippen LogP contribution in [0.2, 0.25) is 0 Å². The van der Waals surface area contributed by atoms with Crippen LogP contribution >= 0.6 is 0 Å². The minimum absolute atomic E-state index is 0.0683. The average Bonchev–Trinajstić information content (AvgIpc) is 2.64. The zero-order valence-corrected chi connectivity index (χ0v) is 14.7. The quantitative estimate of drug-likeness (QED) is 0.586. The van der Waals surface area contributed by atoms with E-state index in [1.807, 2.05) is 24.3 Å². The summed E-state index contributed by atoms with van der Waals surface area (Å²) in [6, 6.07) is 12.7. The molecule has 0 radical (unpaired) electrons. The van der Waals surface area contributed by atoms with Gasteiger partial charge in [0.2, 0.25) is 5.91 Å². The lowest BCUT2D eigenvalue weighted by Crippen LogP contribution is -2.23. The number of ether oxygens (including phenoxy) is 2. The van der Waals surface area contributed by atoms with E-state index in [2.05, 4.69) is 5.32 Å². The second-order valence-electron chi connectivity index (χ2n) is 5.72. The van der Waals surface area contributed by atoms with Gasteiger partial charge in [-0.2, -0.15) is 0 Å². The molecule has 0 fully saturated rings. The summed E-state index contributed by atoms with van der Waals surface area (Å²) < 4.78 is 10.5. The number of hydrogen-bond donors (Lipinski definition) is 3. The predicted octanol–water partition coefficient (Wildman–Crippen LogP) is 1.39. The van der Waals surface area contributed by atoms with Crippen LogP contribution in [0.1, 0.15) is 17.5 Å². The zero-order valence-electron chi connectivity index (χ0n) is 14.7. The normalized spacial score (nSPS) is 10.2. The Balaban J connectivity index is 1.87. The number of nitrogens with one attached hydrogen (secondary N) is 1. The van der Waals surface area contributed by atoms with Crippen LogP contribution in [0, 0.1) is 0 Å². The van der Waals surface area contributed by atoms with E-state index in [1.165, 1.54) is 7.11 Å². The molecule has 0 aromatic heterocycles. The monoisotopic (exact) mass is 357 g/mol. The van der Waals surface area contributed by atoms with Crippen LogP contribution in [-0.4, -0.2) is 25.5 Å². The highest BCUT2D eigenvalue weighted by molar-refractivity contribution is 5.76. The third-order valence-corrected chi connectivity index (χ3v) is 3.76. The number of rotatable bonds is 9. The molecule has 0 heterocycles. The standard InChI is InChI=1S/C19H23N3O4/c1-25-17-10-13(6-8-16(17)26-12-18(21)23)11-22-19(24)9-7-14-4-2-3-5-15(14)20/h2-6,8,10H,7,9,11-12,20H2,1H3,(H2,21,23)(H,22,24). The number of methoxy groups -OCH3 is 1. The fourth-order valence-corrected chi connectivity index (χ4v) is 2.39. The Morgan fingerprint density at radius 3 is 2.58 bits per heavy atom. The van der Waals surface area contributed by atoms with Crippen molar-refractivity contribution in [3.63, 3.8) is 0 Å². The van der Waals surface area contributed by atoms with Crippen LogP contribution in [0.3, 0.4) is 0 Å². The van der Waals surface area contributed by atoms with Gasteiger partial charge >= 0.3 is 0 Å². The number of primary amides is 1. The molecule has 5 N–H and O–H groups in total. The molecule has 0 bridgehead atoms. The van der Waals surface area contributed by atoms with Crippen LogP contribution in [0.25, 0.3) is 0 Å². The van der Waals surface area contributed by atoms with Crippen molar-refractivity contribution >= 4 is 17.5 Å². The lowest BCUT2D eigenvalue weighted by molar-refractivity contribution is -0.121. The van der Waals surface area contributed by atoms with E-state index >= 15 is 0 Å². The summed E-state index contributed by atoms with van der Waals surface area (Å²) in [4.78, 5) is 22.8. The van der Waals surface area contributed by atoms with Crippen molar-refractivity contribution in [1.82, 2.24) is 5.32 Å². The van der Waals surface area contributed by atoms with Gasteiger partial charge in [0.05, 0.1) is 7.11 Å². The van der Waals surface area contributed by atoms with Crippen molar-refractivity contribution in [1.29, 1.82) is 0 Å². The maximum atomic E-state index is 12.0. The molecule has 0 saturated carbocycles. The first-order valence-electron chi connectivity index (χ1n) is 8.17. The number of carbonyl (C=O) groups is 2. The number of nitrogens with two attached hydrogens (primary N) is 2. The minimum Gasteiger partial charge on any atom is -0.493 e. The molecule has 26 heavy (non-hydrogen) atoms. The van der Waals surface area contributed by atoms with Crippen molar-refractivity contribution in [3.8, 4) is 11.5 Å². The van der Waals surface area contributed by atoms with Crippen molar-refractivity contribution in [2.75, 3.05) is 19.5 Å². The van der Waals surface area contributed by atoms with Crippen LogP contribution < -0.4 is 26.3 Å². The molecule has 0 atom stereocenters. The Kier molecular flexibility index (Phi) is 6.84. The third kappa shape index (κ3) is 5.70. The SMILES string of the molecule is COc1cc(CNC(=O)CCc2ccccc2N)ccc1OCC(N)=O. The molecule has 0 aliphatic heterocycles. The third-order valence-electron chi connectivity index (χ3n) is 3.76. The van der Waals surface area contributed by atoms with E-state index in [4.69, 9.17) is 20.9 Å². The first-order chi connectivity index (χ1) is 12.5. The van der Waals surface area contributed by atoms with Gasteiger partial charge in [0, 0.05) is 18.7 Å². The van der Waals surface area contributed by atoms with Crippen molar-refractivity contribution in [3.05, 3.63) is 53.6 Å². The van der Waals surface area contributed by atoms with E-state index in [0.29, 0.717) is 36.6 Å². The summed E-state index contributed by atoms with van der Waals surface area (Å²) in [7, 11) is 1.50. The van der Waals surface area contributed by atoms with Crippen LogP contribution in [0.4, 0.5) is 5.69 Å². The van der Waals surface area contributed by atoms with Gasteiger partial charge in [-0.25, -0.2) is 0 Å².